The second-order valence-electron chi connectivity index (χ2n) is 9.41. The van der Waals surface area contributed by atoms with Gasteiger partial charge in [0, 0.05) is 22.6 Å². The number of carbonyl (C=O) groups is 1. The normalized spacial score (nSPS) is 16.0. The van der Waals surface area contributed by atoms with Crippen molar-refractivity contribution in [1.29, 1.82) is 0 Å². The molecule has 0 radical (unpaired) electrons. The van der Waals surface area contributed by atoms with E-state index in [1.165, 1.54) is 23.0 Å². The molecule has 31 heavy (non-hydrogen) atoms. The van der Waals surface area contributed by atoms with Crippen LogP contribution in [0.2, 0.25) is 0 Å². The zero-order valence-corrected chi connectivity index (χ0v) is 18.0. The number of benzene rings is 1. The van der Waals surface area contributed by atoms with Gasteiger partial charge in [0.05, 0.1) is 18.3 Å². The van der Waals surface area contributed by atoms with Crippen LogP contribution in [0.15, 0.2) is 41.5 Å². The van der Waals surface area contributed by atoms with Crippen molar-refractivity contribution in [3.63, 3.8) is 0 Å². The van der Waals surface area contributed by atoms with Crippen molar-refractivity contribution in [3.8, 4) is 5.75 Å². The second-order valence-corrected chi connectivity index (χ2v) is 9.41. The summed E-state index contributed by atoms with van der Waals surface area (Å²) in [6, 6.07) is 6.60. The van der Waals surface area contributed by atoms with Gasteiger partial charge in [0.1, 0.15) is 5.82 Å². The van der Waals surface area contributed by atoms with E-state index >= 15 is 0 Å². The number of nitrogens with one attached hydrogen (secondary N) is 1. The number of nitrogens with zero attached hydrogens (tertiary/aromatic N) is 3. The number of aromatic nitrogens is 3. The highest BCUT2D eigenvalue weighted by Gasteiger charge is 2.37. The lowest BCUT2D eigenvalue weighted by Crippen LogP contribution is -2.43. The van der Waals surface area contributed by atoms with E-state index < -0.39 is 22.6 Å². The number of hydrogen-bond donors (Lipinski definition) is 2. The molecule has 0 aliphatic heterocycles. The minimum atomic E-state index is -0.791. The molecule has 2 N–H and O–H groups in total. The second kappa shape index (κ2) is 7.51. The fraction of sp³-hybridized carbons (Fsp3) is 0.435. The van der Waals surface area contributed by atoms with Crippen LogP contribution < -0.4 is 10.7 Å². The quantitative estimate of drug-likeness (QED) is 0.668. The molecule has 1 saturated carbocycles. The highest BCUT2D eigenvalue weighted by atomic mass is 19.1. The molecule has 164 valence electrons. The lowest BCUT2D eigenvalue weighted by atomic mass is 9.96. The maximum absolute atomic E-state index is 13.7. The zero-order chi connectivity index (χ0) is 22.4. The van der Waals surface area contributed by atoms with E-state index in [0.29, 0.717) is 6.54 Å². The molecule has 0 atom stereocenters. The third kappa shape index (κ3) is 4.06. The number of halogens is 1. The van der Waals surface area contributed by atoms with Crippen LogP contribution in [0.5, 0.6) is 5.75 Å². The van der Waals surface area contributed by atoms with Crippen LogP contribution in [0.3, 0.4) is 0 Å². The molecule has 8 heteroatoms. The van der Waals surface area contributed by atoms with Crippen LogP contribution in [-0.2, 0) is 12.1 Å². The Morgan fingerprint density at radius 3 is 2.65 bits per heavy atom. The van der Waals surface area contributed by atoms with Crippen molar-refractivity contribution in [2.75, 3.05) is 0 Å². The molecule has 1 aliphatic rings. The first kappa shape index (κ1) is 21.1. The lowest BCUT2D eigenvalue weighted by Gasteiger charge is -2.33. The average molecular weight is 426 g/mol. The Morgan fingerprint density at radius 1 is 1.26 bits per heavy atom. The van der Waals surface area contributed by atoms with Crippen molar-refractivity contribution < 1.29 is 14.3 Å². The monoisotopic (exact) mass is 426 g/mol. The fourth-order valence-corrected chi connectivity index (χ4v) is 4.49. The van der Waals surface area contributed by atoms with E-state index in [2.05, 4.69) is 15.0 Å². The maximum Gasteiger partial charge on any atom is 0.276 e. The molecule has 2 heterocycles. The van der Waals surface area contributed by atoms with Crippen molar-refractivity contribution in [3.05, 3.63) is 58.4 Å². The summed E-state index contributed by atoms with van der Waals surface area (Å²) in [5.74, 6) is -1.42. The zero-order valence-electron chi connectivity index (χ0n) is 18.0. The Bertz CT molecular complexity index is 1200. The van der Waals surface area contributed by atoms with E-state index in [0.717, 1.165) is 36.6 Å². The highest BCUT2D eigenvalue weighted by molar-refractivity contribution is 5.92. The summed E-state index contributed by atoms with van der Waals surface area (Å²) in [5.41, 5.74) is -1.11. The first-order chi connectivity index (χ1) is 14.6. The van der Waals surface area contributed by atoms with E-state index in [1.54, 1.807) is 26.8 Å². The van der Waals surface area contributed by atoms with Gasteiger partial charge in [0.15, 0.2) is 11.4 Å². The van der Waals surface area contributed by atoms with Gasteiger partial charge in [0.2, 0.25) is 0 Å². The van der Waals surface area contributed by atoms with Gasteiger partial charge >= 0.3 is 0 Å². The summed E-state index contributed by atoms with van der Waals surface area (Å²) in [5, 5.41) is 18.0. The van der Waals surface area contributed by atoms with E-state index in [9.17, 15) is 19.1 Å². The minimum absolute atomic E-state index is 0.285. The van der Waals surface area contributed by atoms with Crippen molar-refractivity contribution >= 4 is 16.8 Å². The van der Waals surface area contributed by atoms with E-state index in [1.807, 2.05) is 12.3 Å². The predicted octanol–water partition coefficient (Wildman–Crippen LogP) is 3.54. The Kier molecular flexibility index (Phi) is 5.11. The van der Waals surface area contributed by atoms with Gasteiger partial charge in [-0.25, -0.2) is 4.39 Å². The summed E-state index contributed by atoms with van der Waals surface area (Å²) < 4.78 is 17.3. The van der Waals surface area contributed by atoms with Crippen molar-refractivity contribution in [1.82, 2.24) is 19.7 Å². The SMILES string of the molecule is CC(C)(C)NC(=O)c1nn(CC2(n3ccc4cc(F)ccc43)CCCC2)cc(O)c1=O. The molecule has 1 amide bonds. The van der Waals surface area contributed by atoms with Crippen molar-refractivity contribution in [2.45, 2.75) is 64.1 Å². The Balaban J connectivity index is 1.75. The highest BCUT2D eigenvalue weighted by Crippen LogP contribution is 2.40. The number of aromatic hydroxyl groups is 1. The Labute approximate surface area is 179 Å². The number of carbonyl (C=O) groups excluding carboxylic acids is 1. The molecule has 0 spiro atoms. The first-order valence-electron chi connectivity index (χ1n) is 10.5. The van der Waals surface area contributed by atoms with E-state index in [4.69, 9.17) is 0 Å². The third-order valence-corrected chi connectivity index (χ3v) is 5.80. The summed E-state index contributed by atoms with van der Waals surface area (Å²) in [6.07, 6.45) is 7.00. The van der Waals surface area contributed by atoms with Gasteiger partial charge in [-0.15, -0.1) is 0 Å². The van der Waals surface area contributed by atoms with Crippen molar-refractivity contribution in [2.24, 2.45) is 0 Å². The van der Waals surface area contributed by atoms with Gasteiger partial charge in [0.25, 0.3) is 11.3 Å². The maximum atomic E-state index is 13.7. The summed E-state index contributed by atoms with van der Waals surface area (Å²) in [7, 11) is 0. The number of fused-ring (bicyclic) bond motifs is 1. The molecular formula is C23H27FN4O3. The largest absolute Gasteiger partial charge is 0.503 e. The van der Waals surface area contributed by atoms with Crippen LogP contribution in [0, 0.1) is 5.82 Å². The molecule has 2 aromatic heterocycles. The topological polar surface area (TPSA) is 89.2 Å². The summed E-state index contributed by atoms with van der Waals surface area (Å²) in [4.78, 5) is 25.0. The molecular weight excluding hydrogens is 399 g/mol. The van der Waals surface area contributed by atoms with Crippen LogP contribution >= 0.6 is 0 Å². The summed E-state index contributed by atoms with van der Waals surface area (Å²) >= 11 is 0. The van der Waals surface area contributed by atoms with E-state index in [-0.39, 0.29) is 17.1 Å². The molecule has 4 rings (SSSR count). The summed E-state index contributed by atoms with van der Waals surface area (Å²) in [6.45, 7) is 5.79. The van der Waals surface area contributed by atoms with Gasteiger partial charge in [-0.1, -0.05) is 12.8 Å². The number of hydrogen-bond acceptors (Lipinski definition) is 4. The molecule has 1 aliphatic carbocycles. The Hall–Kier alpha value is -3.16. The fourth-order valence-electron chi connectivity index (χ4n) is 4.49. The van der Waals surface area contributed by atoms with Gasteiger partial charge in [-0.2, -0.15) is 5.10 Å². The number of rotatable bonds is 4. The van der Waals surface area contributed by atoms with Crippen LogP contribution in [0.4, 0.5) is 4.39 Å². The molecule has 7 nitrogen and oxygen atoms in total. The third-order valence-electron chi connectivity index (χ3n) is 5.80. The molecule has 1 fully saturated rings. The molecule has 0 bridgehead atoms. The minimum Gasteiger partial charge on any atom is -0.503 e. The standard InChI is InChI=1S/C23H27FN4O3/c1-22(2,3)25-21(31)19-20(30)18(29)13-27(26-19)14-23(9-4-5-10-23)28-11-8-15-12-16(24)6-7-17(15)28/h6-8,11-13,29H,4-5,9-10,14H2,1-3H3,(H,25,31). The lowest BCUT2D eigenvalue weighted by molar-refractivity contribution is 0.0908. The molecule has 3 aromatic rings. The molecule has 0 saturated heterocycles. The van der Waals surface area contributed by atoms with Crippen LogP contribution in [-0.4, -0.2) is 30.9 Å². The molecule has 0 unspecified atom stereocenters. The molecule has 1 aromatic carbocycles. The first-order valence-corrected chi connectivity index (χ1v) is 10.5. The van der Waals surface area contributed by atoms with Gasteiger partial charge < -0.3 is 15.0 Å². The Morgan fingerprint density at radius 2 is 1.97 bits per heavy atom. The predicted molar refractivity (Wildman–Crippen MR) is 116 cm³/mol. The number of amides is 1. The van der Waals surface area contributed by atoms with Gasteiger partial charge in [-0.3, -0.25) is 14.3 Å². The average Bonchev–Trinajstić information content (AvgIpc) is 3.30. The van der Waals surface area contributed by atoms with Crippen LogP contribution in [0.1, 0.15) is 56.9 Å². The smallest absolute Gasteiger partial charge is 0.276 e. The van der Waals surface area contributed by atoms with Crippen LogP contribution in [0.25, 0.3) is 10.9 Å². The van der Waals surface area contributed by atoms with Gasteiger partial charge in [-0.05, 0) is 57.9 Å².